The highest BCUT2D eigenvalue weighted by atomic mass is 79.9. The number of aryl methyl sites for hydroxylation is 1. The molecule has 3 aromatic carbocycles. The Balaban J connectivity index is 0.00000225. The van der Waals surface area contributed by atoms with Crippen molar-refractivity contribution in [2.75, 3.05) is 0 Å². The van der Waals surface area contributed by atoms with E-state index in [0.717, 1.165) is 32.9 Å². The van der Waals surface area contributed by atoms with Crippen molar-refractivity contribution in [2.24, 2.45) is 5.11 Å². The predicted octanol–water partition coefficient (Wildman–Crippen LogP) is 3.57. The number of benzene rings is 3. The van der Waals surface area contributed by atoms with E-state index in [0.29, 0.717) is 17.3 Å². The van der Waals surface area contributed by atoms with Crippen LogP contribution in [0.3, 0.4) is 0 Å². The van der Waals surface area contributed by atoms with Crippen LogP contribution in [-0.2, 0) is 6.54 Å². The molecule has 0 spiro atoms. The van der Waals surface area contributed by atoms with Gasteiger partial charge in [-0.3, -0.25) is 0 Å². The van der Waals surface area contributed by atoms with Crippen molar-refractivity contribution in [3.05, 3.63) is 82.2 Å². The third kappa shape index (κ3) is 3.37. The maximum absolute atomic E-state index is 8.83. The molecule has 0 saturated carbocycles. The quantitative estimate of drug-likeness (QED) is 0.154. The fourth-order valence-corrected chi connectivity index (χ4v) is 3.60. The van der Waals surface area contributed by atoms with Gasteiger partial charge in [0.05, 0.1) is 10.8 Å². The van der Waals surface area contributed by atoms with Gasteiger partial charge in [-0.1, -0.05) is 47.0 Å². The summed E-state index contributed by atoms with van der Waals surface area (Å²) in [5, 5.41) is 7.52. The van der Waals surface area contributed by atoms with Gasteiger partial charge < -0.3 is 17.0 Å². The Labute approximate surface area is 173 Å². The van der Waals surface area contributed by atoms with E-state index < -0.39 is 0 Å². The van der Waals surface area contributed by atoms with E-state index >= 15 is 0 Å². The summed E-state index contributed by atoms with van der Waals surface area (Å²) >= 11 is 6.29. The molecule has 0 N–H and O–H groups in total. The van der Waals surface area contributed by atoms with Crippen molar-refractivity contribution in [2.45, 2.75) is 13.4 Å². The largest absolute Gasteiger partial charge is 1.00 e. The van der Waals surface area contributed by atoms with Gasteiger partial charge in [0.25, 0.3) is 0 Å². The van der Waals surface area contributed by atoms with Crippen LogP contribution in [0.15, 0.2) is 71.8 Å². The first-order valence-electron chi connectivity index (χ1n) is 8.92. The molecule has 0 aliphatic rings. The average Bonchev–Trinajstić information content (AvgIpc) is 2.69. The van der Waals surface area contributed by atoms with E-state index in [1.807, 2.05) is 66.7 Å². The molecule has 6 heteroatoms. The molecule has 27 heavy (non-hydrogen) atoms. The minimum absolute atomic E-state index is 0. The maximum Gasteiger partial charge on any atom is 0.220 e. The van der Waals surface area contributed by atoms with Gasteiger partial charge in [-0.2, -0.15) is 4.57 Å². The third-order valence-corrected chi connectivity index (χ3v) is 4.74. The average molecular weight is 441 g/mol. The number of nitrogens with zero attached hydrogens (tertiary/aromatic N) is 4. The fraction of sp³-hybridized carbons (Fsp3) is 0.0952. The van der Waals surface area contributed by atoms with Crippen molar-refractivity contribution >= 4 is 39.0 Å². The number of halogens is 2. The van der Waals surface area contributed by atoms with Gasteiger partial charge in [0, 0.05) is 34.0 Å². The number of hydrogen-bond donors (Lipinski definition) is 0. The van der Waals surface area contributed by atoms with Gasteiger partial charge in [0.15, 0.2) is 0 Å². The first-order chi connectivity index (χ1) is 13.2. The number of azide groups is 1. The minimum Gasteiger partial charge on any atom is -1.00 e. The molecule has 0 amide bonds. The highest BCUT2D eigenvalue weighted by Gasteiger charge is 2.22. The van der Waals surface area contributed by atoms with E-state index in [9.17, 15) is 0 Å². The molecule has 1 heterocycles. The van der Waals surface area contributed by atoms with Crippen LogP contribution in [0.4, 0.5) is 5.69 Å². The zero-order valence-electron chi connectivity index (χ0n) is 15.3. The molecular weight excluding hydrogens is 424 g/mol. The van der Waals surface area contributed by atoms with Crippen molar-refractivity contribution in [1.82, 2.24) is 0 Å². The Morgan fingerprint density at radius 2 is 1.81 bits per heavy atom. The predicted molar refractivity (Wildman–Crippen MR) is 107 cm³/mol. The molecular formula is C21H16BrClN4. The Morgan fingerprint density at radius 1 is 1.04 bits per heavy atom. The standard InChI is InChI=1S/C21H16ClN4.BrH/c1-2-26-20-12-15(22)8-10-18(20)17-11-9-16(24-25-23)13-19(17)21(26)14-6-4-3-5-7-14;/h3-13H,2H2,1H3;1H/q+1;/p-1/i1D;. The molecule has 0 fully saturated rings. The zero-order chi connectivity index (χ0) is 18.8. The molecule has 0 bridgehead atoms. The van der Waals surface area contributed by atoms with Crippen molar-refractivity contribution in [3.8, 4) is 11.3 Å². The monoisotopic (exact) mass is 439 g/mol. The van der Waals surface area contributed by atoms with Crippen LogP contribution in [0.2, 0.25) is 5.02 Å². The van der Waals surface area contributed by atoms with E-state index in [1.165, 1.54) is 0 Å². The lowest BCUT2D eigenvalue weighted by Gasteiger charge is -2.12. The van der Waals surface area contributed by atoms with Gasteiger partial charge in [0.2, 0.25) is 11.2 Å². The van der Waals surface area contributed by atoms with Crippen LogP contribution < -0.4 is 21.5 Å². The van der Waals surface area contributed by atoms with E-state index in [-0.39, 0.29) is 23.9 Å². The minimum atomic E-state index is 0. The summed E-state index contributed by atoms with van der Waals surface area (Å²) < 4.78 is 9.95. The molecule has 4 nitrogen and oxygen atoms in total. The van der Waals surface area contributed by atoms with Gasteiger partial charge >= 0.3 is 0 Å². The maximum atomic E-state index is 8.83. The van der Waals surface area contributed by atoms with Crippen molar-refractivity contribution in [3.63, 3.8) is 0 Å². The lowest BCUT2D eigenvalue weighted by atomic mass is 9.98. The summed E-state index contributed by atoms with van der Waals surface area (Å²) in [4.78, 5) is 2.92. The number of aromatic nitrogens is 1. The van der Waals surface area contributed by atoms with E-state index in [1.54, 1.807) is 0 Å². The Morgan fingerprint density at radius 3 is 2.56 bits per heavy atom. The van der Waals surface area contributed by atoms with Crippen LogP contribution in [0.1, 0.15) is 8.27 Å². The van der Waals surface area contributed by atoms with Crippen LogP contribution in [0.25, 0.3) is 43.4 Å². The van der Waals surface area contributed by atoms with E-state index in [4.69, 9.17) is 18.5 Å². The van der Waals surface area contributed by atoms with Gasteiger partial charge in [-0.15, -0.1) is 0 Å². The van der Waals surface area contributed by atoms with Crippen LogP contribution >= 0.6 is 11.6 Å². The molecule has 0 saturated heterocycles. The molecule has 0 unspecified atom stereocenters. The second-order valence-electron chi connectivity index (χ2n) is 5.95. The molecule has 1 aromatic heterocycles. The van der Waals surface area contributed by atoms with E-state index in [2.05, 4.69) is 14.6 Å². The summed E-state index contributed by atoms with van der Waals surface area (Å²) in [5.41, 5.74) is 12.4. The van der Waals surface area contributed by atoms with Crippen LogP contribution in [0, 0.1) is 0 Å². The first-order valence-corrected chi connectivity index (χ1v) is 8.59. The first kappa shape index (κ1) is 17.8. The molecule has 4 rings (SSSR count). The third-order valence-electron chi connectivity index (χ3n) is 4.50. The molecule has 134 valence electrons. The lowest BCUT2D eigenvalue weighted by molar-refractivity contribution is -0.655. The Bertz CT molecular complexity index is 1210. The Kier molecular flexibility index (Phi) is 5.26. The molecule has 0 radical (unpaired) electrons. The van der Waals surface area contributed by atoms with Gasteiger partial charge in [0.1, 0.15) is 6.54 Å². The summed E-state index contributed by atoms with van der Waals surface area (Å²) in [7, 11) is 0. The summed E-state index contributed by atoms with van der Waals surface area (Å²) in [6.07, 6.45) is 0. The topological polar surface area (TPSA) is 52.6 Å². The number of rotatable bonds is 3. The number of fused-ring (bicyclic) bond motifs is 3. The molecule has 0 aliphatic heterocycles. The fourth-order valence-electron chi connectivity index (χ4n) is 3.44. The SMILES string of the molecule is [2H]CC[n+]1c(-c2ccccc2)c2cc(N=[N+]=[N-])ccc2c2ccc(Cl)cc21.[Br-]. The van der Waals surface area contributed by atoms with Gasteiger partial charge in [-0.25, -0.2) is 0 Å². The van der Waals surface area contributed by atoms with Crippen LogP contribution in [-0.4, -0.2) is 0 Å². The highest BCUT2D eigenvalue weighted by molar-refractivity contribution is 6.31. The summed E-state index contributed by atoms with van der Waals surface area (Å²) in [5.74, 6) is 0. The van der Waals surface area contributed by atoms with Crippen molar-refractivity contribution < 1.29 is 22.9 Å². The number of pyridine rings is 1. The lowest BCUT2D eigenvalue weighted by Crippen LogP contribution is -3.00. The summed E-state index contributed by atoms with van der Waals surface area (Å²) in [6, 6.07) is 21.6. The normalized spacial score (nSPS) is 10.9. The molecule has 0 atom stereocenters. The molecule has 0 aliphatic carbocycles. The second kappa shape index (κ2) is 7.97. The summed E-state index contributed by atoms with van der Waals surface area (Å²) in [6.45, 7) is 0.774. The number of hydrogen-bond acceptors (Lipinski definition) is 1. The van der Waals surface area contributed by atoms with Crippen LogP contribution in [0.5, 0.6) is 0 Å². The Hall–Kier alpha value is -2.59. The van der Waals surface area contributed by atoms with Crippen molar-refractivity contribution in [1.29, 1.82) is 0 Å². The second-order valence-corrected chi connectivity index (χ2v) is 6.38. The highest BCUT2D eigenvalue weighted by Crippen LogP contribution is 2.34. The smallest absolute Gasteiger partial charge is 0.220 e. The molecule has 4 aromatic rings. The van der Waals surface area contributed by atoms with Gasteiger partial charge in [-0.05, 0) is 42.8 Å². The zero-order valence-corrected chi connectivity index (χ0v) is 16.7.